The highest BCUT2D eigenvalue weighted by molar-refractivity contribution is 6.69. The Balaban J connectivity index is 2.19. The Hall–Kier alpha value is -2.00. The van der Waals surface area contributed by atoms with Gasteiger partial charge in [0.1, 0.15) is 0 Å². The highest BCUT2D eigenvalue weighted by Crippen LogP contribution is 2.52. The van der Waals surface area contributed by atoms with Gasteiger partial charge in [-0.15, -0.1) is 0 Å². The predicted molar refractivity (Wildman–Crippen MR) is 124 cm³/mol. The van der Waals surface area contributed by atoms with Crippen molar-refractivity contribution in [3.05, 3.63) is 72.3 Å². The number of benzene rings is 2. The molecule has 0 saturated carbocycles. The lowest BCUT2D eigenvalue weighted by molar-refractivity contribution is 0.478. The van der Waals surface area contributed by atoms with Crippen LogP contribution in [0.5, 0.6) is 0 Å². The van der Waals surface area contributed by atoms with Crippen molar-refractivity contribution in [3.63, 3.8) is 0 Å². The summed E-state index contributed by atoms with van der Waals surface area (Å²) in [5.74, 6) is 0. The van der Waals surface area contributed by atoms with Crippen LogP contribution in [-0.2, 0) is 0 Å². The van der Waals surface area contributed by atoms with E-state index in [2.05, 4.69) is 111 Å². The van der Waals surface area contributed by atoms with Gasteiger partial charge in [-0.25, -0.2) is 0 Å². The van der Waals surface area contributed by atoms with E-state index in [0.29, 0.717) is 0 Å². The van der Waals surface area contributed by atoms with Crippen molar-refractivity contribution in [1.82, 2.24) is 5.23 Å². The molecular formula is C25H35BN2. The minimum Gasteiger partial charge on any atom is -0.370 e. The molecule has 0 spiro atoms. The third-order valence-corrected chi connectivity index (χ3v) is 5.59. The lowest BCUT2D eigenvalue weighted by atomic mass is 9.47. The van der Waals surface area contributed by atoms with Gasteiger partial charge in [-0.05, 0) is 51.3 Å². The molecule has 1 heterocycles. The van der Waals surface area contributed by atoms with Gasteiger partial charge in [0, 0.05) is 22.2 Å². The van der Waals surface area contributed by atoms with Gasteiger partial charge in [-0.2, -0.15) is 0 Å². The maximum atomic E-state index is 4.00. The average Bonchev–Trinajstić information content (AvgIpc) is 2.96. The smallest absolute Gasteiger partial charge is 0.355 e. The highest BCUT2D eigenvalue weighted by Gasteiger charge is 2.51. The fraction of sp³-hybridized carbons (Fsp3) is 0.440. The van der Waals surface area contributed by atoms with Gasteiger partial charge in [0.15, 0.2) is 0 Å². The normalized spacial score (nSPS) is 16.4. The molecule has 1 aliphatic heterocycles. The molecule has 0 aliphatic carbocycles. The Morgan fingerprint density at radius 2 is 1.39 bits per heavy atom. The molecule has 28 heavy (non-hydrogen) atoms. The van der Waals surface area contributed by atoms with Gasteiger partial charge in [0.05, 0.1) is 0 Å². The second-order valence-corrected chi connectivity index (χ2v) is 9.13. The van der Waals surface area contributed by atoms with E-state index in [1.54, 1.807) is 0 Å². The molecule has 3 heteroatoms. The average molecular weight is 374 g/mol. The number of nitrogens with zero attached hydrogens (tertiary/aromatic N) is 1. The van der Waals surface area contributed by atoms with Crippen LogP contribution in [0.15, 0.2) is 66.7 Å². The first-order valence-corrected chi connectivity index (χ1v) is 10.8. The minimum atomic E-state index is 0.0322. The summed E-state index contributed by atoms with van der Waals surface area (Å²) in [7, 11) is 0. The molecule has 0 aromatic heterocycles. The molecular weight excluding hydrogens is 339 g/mol. The third-order valence-electron chi connectivity index (χ3n) is 5.59. The summed E-state index contributed by atoms with van der Waals surface area (Å²) < 4.78 is 0. The monoisotopic (exact) mass is 374 g/mol. The predicted octanol–water partition coefficient (Wildman–Crippen LogP) is 6.76. The van der Waals surface area contributed by atoms with Gasteiger partial charge in [0.25, 0.3) is 0 Å². The van der Waals surface area contributed by atoms with Gasteiger partial charge < -0.3 is 10.0 Å². The van der Waals surface area contributed by atoms with E-state index >= 15 is 0 Å². The first-order chi connectivity index (χ1) is 13.4. The van der Waals surface area contributed by atoms with Crippen LogP contribution in [0, 0.1) is 0 Å². The molecule has 1 aliphatic rings. The van der Waals surface area contributed by atoms with E-state index in [1.807, 2.05) is 0 Å². The first kappa shape index (κ1) is 20.7. The Bertz CT molecular complexity index is 771. The number of nitrogens with one attached hydrogen (secondary N) is 1. The third kappa shape index (κ3) is 4.36. The van der Waals surface area contributed by atoms with E-state index < -0.39 is 0 Å². The minimum absolute atomic E-state index is 0.0322. The van der Waals surface area contributed by atoms with Crippen molar-refractivity contribution in [3.8, 4) is 0 Å². The zero-order chi connectivity index (χ0) is 20.2. The molecule has 3 rings (SSSR count). The van der Waals surface area contributed by atoms with E-state index in [4.69, 9.17) is 0 Å². The summed E-state index contributed by atoms with van der Waals surface area (Å²) in [4.78, 5) is 2.55. The van der Waals surface area contributed by atoms with Crippen LogP contribution < -0.4 is 10.0 Å². The summed E-state index contributed by atoms with van der Waals surface area (Å²) >= 11 is 0. The summed E-state index contributed by atoms with van der Waals surface area (Å²) in [5, 5.41) is 4.12. The Morgan fingerprint density at radius 1 is 0.857 bits per heavy atom. The van der Waals surface area contributed by atoms with Crippen molar-refractivity contribution >= 4 is 18.4 Å². The van der Waals surface area contributed by atoms with Crippen molar-refractivity contribution in [2.45, 2.75) is 71.2 Å². The summed E-state index contributed by atoms with van der Waals surface area (Å²) in [6, 6.07) is 21.7. The molecule has 0 atom stereocenters. The topological polar surface area (TPSA) is 15.3 Å². The van der Waals surface area contributed by atoms with Crippen LogP contribution >= 0.6 is 0 Å². The van der Waals surface area contributed by atoms with Crippen LogP contribution in [0.4, 0.5) is 5.69 Å². The highest BCUT2D eigenvalue weighted by atomic mass is 15.2. The Morgan fingerprint density at radius 3 is 1.89 bits per heavy atom. The van der Waals surface area contributed by atoms with Gasteiger partial charge in [-0.1, -0.05) is 81.3 Å². The van der Waals surface area contributed by atoms with Crippen LogP contribution in [0.2, 0.25) is 5.31 Å². The molecule has 0 fully saturated rings. The van der Waals surface area contributed by atoms with E-state index in [1.165, 1.54) is 42.6 Å². The largest absolute Gasteiger partial charge is 0.370 e. The zero-order valence-corrected chi connectivity index (χ0v) is 18.2. The molecule has 0 radical (unpaired) electrons. The summed E-state index contributed by atoms with van der Waals surface area (Å²) in [5.41, 5.74) is 3.91. The Kier molecular flexibility index (Phi) is 6.35. The quantitative estimate of drug-likeness (QED) is 0.538. The molecule has 0 bridgehead atoms. The second kappa shape index (κ2) is 8.57. The standard InChI is InChI=1S/C25H35BN2/c1-6-18-25(19-7-2)20-23(21-14-10-8-11-15-21)28(22-16-12-9-13-17-22)26(25)27-24(3,4)5/h8-17,20,27H,6-7,18-19H2,1-5H3. The van der Waals surface area contributed by atoms with E-state index in [0.717, 1.165) is 0 Å². The fourth-order valence-electron chi connectivity index (χ4n) is 4.62. The summed E-state index contributed by atoms with van der Waals surface area (Å²) in [6.45, 7) is 11.7. The molecule has 0 unspecified atom stereocenters. The SMILES string of the molecule is CCCC1(CCC)C=C(c2ccccc2)N(c2ccccc2)B1NC(C)(C)C. The van der Waals surface area contributed by atoms with Crippen LogP contribution in [-0.4, -0.2) is 12.5 Å². The lowest BCUT2D eigenvalue weighted by Gasteiger charge is -2.41. The molecule has 2 aromatic carbocycles. The van der Waals surface area contributed by atoms with Gasteiger partial charge >= 0.3 is 6.98 Å². The number of hydrogen-bond donors (Lipinski definition) is 1. The summed E-state index contributed by atoms with van der Waals surface area (Å²) in [6.07, 6.45) is 7.32. The molecule has 2 nitrogen and oxygen atoms in total. The molecule has 2 aromatic rings. The van der Waals surface area contributed by atoms with Gasteiger partial charge in [0.2, 0.25) is 0 Å². The molecule has 0 amide bonds. The zero-order valence-electron chi connectivity index (χ0n) is 18.2. The Labute approximate surface area is 172 Å². The van der Waals surface area contributed by atoms with Crippen LogP contribution in [0.3, 0.4) is 0 Å². The fourth-order valence-corrected chi connectivity index (χ4v) is 4.62. The lowest BCUT2D eigenvalue weighted by Crippen LogP contribution is -2.59. The van der Waals surface area contributed by atoms with Crippen molar-refractivity contribution in [2.24, 2.45) is 0 Å². The van der Waals surface area contributed by atoms with Crippen molar-refractivity contribution < 1.29 is 0 Å². The first-order valence-electron chi connectivity index (χ1n) is 10.8. The van der Waals surface area contributed by atoms with Gasteiger partial charge in [-0.3, -0.25) is 0 Å². The molecule has 1 N–H and O–H groups in total. The number of para-hydroxylation sites is 1. The van der Waals surface area contributed by atoms with Crippen molar-refractivity contribution in [1.29, 1.82) is 0 Å². The van der Waals surface area contributed by atoms with Crippen LogP contribution in [0.1, 0.15) is 65.9 Å². The van der Waals surface area contributed by atoms with E-state index in [-0.39, 0.29) is 17.8 Å². The number of anilines is 1. The molecule has 148 valence electrons. The van der Waals surface area contributed by atoms with Crippen molar-refractivity contribution in [2.75, 3.05) is 4.81 Å². The van der Waals surface area contributed by atoms with Crippen LogP contribution in [0.25, 0.3) is 5.70 Å². The number of rotatable bonds is 7. The second-order valence-electron chi connectivity index (χ2n) is 9.13. The maximum Gasteiger partial charge on any atom is 0.355 e. The number of hydrogen-bond acceptors (Lipinski definition) is 2. The number of allylic oxidation sites excluding steroid dienone is 1. The van der Waals surface area contributed by atoms with E-state index in [9.17, 15) is 0 Å². The maximum absolute atomic E-state index is 4.00. The molecule has 0 saturated heterocycles.